The number of para-hydroxylation sites is 1. The quantitative estimate of drug-likeness (QED) is 0.821. The van der Waals surface area contributed by atoms with Gasteiger partial charge >= 0.3 is 0 Å². The Morgan fingerprint density at radius 2 is 2.00 bits per heavy atom. The van der Waals surface area contributed by atoms with Crippen LogP contribution in [0.2, 0.25) is 0 Å². The summed E-state index contributed by atoms with van der Waals surface area (Å²) in [7, 11) is 2.21. The Balaban J connectivity index is 1.49. The van der Waals surface area contributed by atoms with Crippen LogP contribution in [0.25, 0.3) is 0 Å². The van der Waals surface area contributed by atoms with Crippen LogP contribution in [0.15, 0.2) is 18.2 Å². The highest BCUT2D eigenvalue weighted by Crippen LogP contribution is 2.30. The van der Waals surface area contributed by atoms with Crippen LogP contribution in [-0.4, -0.2) is 56.2 Å². The minimum Gasteiger partial charge on any atom is -0.493 e. The number of piperazine rings is 1. The largest absolute Gasteiger partial charge is 0.493 e. The van der Waals surface area contributed by atoms with Crippen LogP contribution in [0.4, 0.5) is 0 Å². The van der Waals surface area contributed by atoms with E-state index in [1.807, 2.05) is 0 Å². The van der Waals surface area contributed by atoms with E-state index in [9.17, 15) is 0 Å². The van der Waals surface area contributed by atoms with Gasteiger partial charge in [0, 0.05) is 32.6 Å². The van der Waals surface area contributed by atoms with Crippen LogP contribution in [0.3, 0.4) is 0 Å². The van der Waals surface area contributed by atoms with Crippen LogP contribution in [0, 0.1) is 0 Å². The number of hydrogen-bond acceptors (Lipinski definition) is 3. The van der Waals surface area contributed by atoms with Crippen molar-refractivity contribution >= 4 is 0 Å². The van der Waals surface area contributed by atoms with Crippen molar-refractivity contribution in [2.24, 2.45) is 0 Å². The Labute approximate surface area is 116 Å². The topological polar surface area (TPSA) is 15.7 Å². The minimum atomic E-state index is 0.866. The summed E-state index contributed by atoms with van der Waals surface area (Å²) >= 11 is 0. The highest BCUT2D eigenvalue weighted by atomic mass is 16.5. The third-order valence-corrected chi connectivity index (χ3v) is 4.31. The molecule has 0 N–H and O–H groups in total. The van der Waals surface area contributed by atoms with Gasteiger partial charge in [0.2, 0.25) is 0 Å². The van der Waals surface area contributed by atoms with Crippen molar-refractivity contribution in [3.8, 4) is 5.75 Å². The summed E-state index contributed by atoms with van der Waals surface area (Å²) in [5.74, 6) is 1.18. The van der Waals surface area contributed by atoms with Crippen molar-refractivity contribution in [1.82, 2.24) is 9.80 Å². The molecule has 19 heavy (non-hydrogen) atoms. The molecule has 0 spiro atoms. The lowest BCUT2D eigenvalue weighted by Crippen LogP contribution is -2.44. The zero-order valence-electron chi connectivity index (χ0n) is 11.9. The molecule has 2 aliphatic rings. The first-order chi connectivity index (χ1) is 9.33. The lowest BCUT2D eigenvalue weighted by Gasteiger charge is -2.32. The fourth-order valence-electron chi connectivity index (χ4n) is 3.04. The number of likely N-dealkylation sites (N-methyl/N-ethyl adjacent to an activating group) is 1. The molecule has 3 heteroatoms. The van der Waals surface area contributed by atoms with Crippen LogP contribution in [0.1, 0.15) is 17.5 Å². The van der Waals surface area contributed by atoms with Crippen LogP contribution in [0.5, 0.6) is 5.75 Å². The first-order valence-electron chi connectivity index (χ1n) is 7.47. The van der Waals surface area contributed by atoms with E-state index in [-0.39, 0.29) is 0 Å². The fraction of sp³-hybridized carbons (Fsp3) is 0.625. The summed E-state index contributed by atoms with van der Waals surface area (Å²) in [6, 6.07) is 6.61. The van der Waals surface area contributed by atoms with E-state index < -0.39 is 0 Å². The Morgan fingerprint density at radius 3 is 2.84 bits per heavy atom. The number of benzene rings is 1. The van der Waals surface area contributed by atoms with Crippen molar-refractivity contribution in [3.63, 3.8) is 0 Å². The number of rotatable bonds is 4. The Bertz CT molecular complexity index is 425. The molecule has 1 aromatic carbocycles. The zero-order chi connectivity index (χ0) is 13.1. The van der Waals surface area contributed by atoms with E-state index in [4.69, 9.17) is 4.74 Å². The smallest absolute Gasteiger partial charge is 0.125 e. The Hall–Kier alpha value is -1.06. The van der Waals surface area contributed by atoms with E-state index in [1.165, 1.54) is 56.0 Å². The number of hydrogen-bond donors (Lipinski definition) is 0. The van der Waals surface area contributed by atoms with Crippen molar-refractivity contribution in [2.75, 3.05) is 46.4 Å². The lowest BCUT2D eigenvalue weighted by atomic mass is 10.0. The molecular formula is C16H24N2O. The number of aryl methyl sites for hydroxylation is 1. The highest BCUT2D eigenvalue weighted by Gasteiger charge is 2.16. The maximum Gasteiger partial charge on any atom is 0.125 e. The van der Waals surface area contributed by atoms with E-state index in [2.05, 4.69) is 35.0 Å². The average molecular weight is 260 g/mol. The Morgan fingerprint density at radius 1 is 1.16 bits per heavy atom. The molecule has 0 unspecified atom stereocenters. The second-order valence-electron chi connectivity index (χ2n) is 5.75. The molecule has 3 nitrogen and oxygen atoms in total. The molecule has 0 aromatic heterocycles. The van der Waals surface area contributed by atoms with E-state index in [1.54, 1.807) is 0 Å². The van der Waals surface area contributed by atoms with Gasteiger partial charge in [0.15, 0.2) is 0 Å². The first kappa shape index (κ1) is 12.9. The number of nitrogens with zero attached hydrogens (tertiary/aromatic N) is 2. The summed E-state index contributed by atoms with van der Waals surface area (Å²) in [6.45, 7) is 6.95. The molecule has 2 aliphatic heterocycles. The molecule has 1 fully saturated rings. The molecule has 0 radical (unpaired) electrons. The predicted octanol–water partition coefficient (Wildman–Crippen LogP) is 1.80. The monoisotopic (exact) mass is 260 g/mol. The third kappa shape index (κ3) is 3.10. The highest BCUT2D eigenvalue weighted by molar-refractivity contribution is 5.43. The van der Waals surface area contributed by atoms with Crippen molar-refractivity contribution < 1.29 is 4.74 Å². The van der Waals surface area contributed by atoms with Gasteiger partial charge in [-0.3, -0.25) is 0 Å². The minimum absolute atomic E-state index is 0.866. The molecule has 1 saturated heterocycles. The van der Waals surface area contributed by atoms with Crippen molar-refractivity contribution in [3.05, 3.63) is 29.3 Å². The fourth-order valence-corrected chi connectivity index (χ4v) is 3.04. The lowest BCUT2D eigenvalue weighted by molar-refractivity contribution is 0.153. The molecule has 1 aromatic rings. The van der Waals surface area contributed by atoms with Gasteiger partial charge in [0.1, 0.15) is 5.75 Å². The summed E-state index contributed by atoms with van der Waals surface area (Å²) in [5.41, 5.74) is 2.81. The molecule has 0 saturated carbocycles. The molecule has 0 bridgehead atoms. The van der Waals surface area contributed by atoms with Crippen LogP contribution >= 0.6 is 0 Å². The average Bonchev–Trinajstić information content (AvgIpc) is 2.90. The summed E-state index contributed by atoms with van der Waals surface area (Å²) in [6.07, 6.45) is 3.47. The SMILES string of the molecule is CN1CCN(CCCc2cccc3c2OCC3)CC1. The molecule has 3 rings (SSSR count). The predicted molar refractivity (Wildman–Crippen MR) is 77.9 cm³/mol. The standard InChI is InChI=1S/C16H24N2O/c1-17-9-11-18(12-10-17)8-3-6-14-4-2-5-15-7-13-19-16(14)15/h2,4-5H,3,6-13H2,1H3. The maximum atomic E-state index is 5.77. The number of ether oxygens (including phenoxy) is 1. The Kier molecular flexibility index (Phi) is 4.04. The van der Waals surface area contributed by atoms with Crippen molar-refractivity contribution in [1.29, 1.82) is 0 Å². The van der Waals surface area contributed by atoms with Gasteiger partial charge in [0.05, 0.1) is 6.61 Å². The maximum absolute atomic E-state index is 5.77. The summed E-state index contributed by atoms with van der Waals surface area (Å²) in [4.78, 5) is 5.00. The van der Waals surface area contributed by atoms with Gasteiger partial charge < -0.3 is 14.5 Å². The van der Waals surface area contributed by atoms with Gasteiger partial charge in [0.25, 0.3) is 0 Å². The second-order valence-corrected chi connectivity index (χ2v) is 5.75. The van der Waals surface area contributed by atoms with Gasteiger partial charge in [-0.05, 0) is 37.6 Å². The molecule has 0 atom stereocenters. The third-order valence-electron chi connectivity index (χ3n) is 4.31. The second kappa shape index (κ2) is 5.93. The molecular weight excluding hydrogens is 236 g/mol. The summed E-state index contributed by atoms with van der Waals surface area (Å²) in [5, 5.41) is 0. The molecule has 0 amide bonds. The van der Waals surface area contributed by atoms with Crippen LogP contribution < -0.4 is 4.74 Å². The summed E-state index contributed by atoms with van der Waals surface area (Å²) < 4.78 is 5.77. The number of fused-ring (bicyclic) bond motifs is 1. The van der Waals surface area contributed by atoms with E-state index in [0.29, 0.717) is 0 Å². The van der Waals surface area contributed by atoms with E-state index >= 15 is 0 Å². The van der Waals surface area contributed by atoms with E-state index in [0.717, 1.165) is 19.4 Å². The zero-order valence-corrected chi connectivity index (χ0v) is 11.9. The van der Waals surface area contributed by atoms with Crippen LogP contribution in [-0.2, 0) is 12.8 Å². The molecule has 2 heterocycles. The van der Waals surface area contributed by atoms with Gasteiger partial charge in [-0.1, -0.05) is 18.2 Å². The molecule has 0 aliphatic carbocycles. The molecule has 104 valence electrons. The first-order valence-corrected chi connectivity index (χ1v) is 7.47. The normalized spacial score (nSPS) is 20.3. The van der Waals surface area contributed by atoms with Gasteiger partial charge in [-0.2, -0.15) is 0 Å². The van der Waals surface area contributed by atoms with Crippen molar-refractivity contribution in [2.45, 2.75) is 19.3 Å². The van der Waals surface area contributed by atoms with Gasteiger partial charge in [-0.15, -0.1) is 0 Å². The van der Waals surface area contributed by atoms with Gasteiger partial charge in [-0.25, -0.2) is 0 Å².